The Morgan fingerprint density at radius 3 is 2.20 bits per heavy atom. The van der Waals surface area contributed by atoms with Crippen molar-refractivity contribution in [2.75, 3.05) is 5.32 Å². The maximum absolute atomic E-state index is 13.4. The number of fused-ring (bicyclic) bond motifs is 2. The van der Waals surface area contributed by atoms with Gasteiger partial charge in [0.15, 0.2) is 17.5 Å². The lowest BCUT2D eigenvalue weighted by atomic mass is 10.1. The highest BCUT2D eigenvalue weighted by Crippen LogP contribution is 2.41. The summed E-state index contributed by atoms with van der Waals surface area (Å²) < 4.78 is 68.0. The van der Waals surface area contributed by atoms with Gasteiger partial charge < -0.3 is 5.32 Å². The molecule has 160 valence electrons. The van der Waals surface area contributed by atoms with Crippen LogP contribution in [0.25, 0.3) is 0 Å². The number of piperidine rings is 1. The molecule has 2 saturated heterocycles. The smallest absolute Gasteiger partial charge is 0.255 e. The van der Waals surface area contributed by atoms with Crippen LogP contribution in [0.5, 0.6) is 0 Å². The van der Waals surface area contributed by atoms with E-state index in [1.165, 1.54) is 16.4 Å². The van der Waals surface area contributed by atoms with Crippen molar-refractivity contribution >= 4 is 33.2 Å². The molecule has 2 aromatic rings. The number of benzene rings is 2. The summed E-state index contributed by atoms with van der Waals surface area (Å²) in [6.07, 6.45) is 4.14. The largest absolute Gasteiger partial charge is 0.322 e. The Morgan fingerprint density at radius 1 is 1.00 bits per heavy atom. The molecule has 30 heavy (non-hydrogen) atoms. The Balaban J connectivity index is 1.64. The van der Waals surface area contributed by atoms with E-state index in [4.69, 9.17) is 11.6 Å². The number of amides is 1. The molecule has 2 atom stereocenters. The summed E-state index contributed by atoms with van der Waals surface area (Å²) in [5.74, 6) is -5.37. The summed E-state index contributed by atoms with van der Waals surface area (Å²) in [6, 6.07) is 4.86. The first-order valence-electron chi connectivity index (χ1n) is 9.47. The molecule has 0 spiro atoms. The molecule has 2 aliphatic heterocycles. The normalized spacial score (nSPS) is 21.6. The molecule has 0 radical (unpaired) electrons. The monoisotopic (exact) mass is 458 g/mol. The summed E-state index contributed by atoms with van der Waals surface area (Å²) >= 11 is 6.16. The van der Waals surface area contributed by atoms with Crippen LogP contribution in [0, 0.1) is 17.5 Å². The highest BCUT2D eigenvalue weighted by molar-refractivity contribution is 7.89. The van der Waals surface area contributed by atoms with E-state index in [9.17, 15) is 26.4 Å². The zero-order valence-electron chi connectivity index (χ0n) is 15.7. The second-order valence-electron chi connectivity index (χ2n) is 7.50. The Labute approximate surface area is 176 Å². The topological polar surface area (TPSA) is 66.5 Å². The van der Waals surface area contributed by atoms with Gasteiger partial charge in [-0.15, -0.1) is 0 Å². The van der Waals surface area contributed by atoms with Gasteiger partial charge in [-0.2, -0.15) is 4.31 Å². The van der Waals surface area contributed by atoms with E-state index in [1.807, 2.05) is 0 Å². The van der Waals surface area contributed by atoms with Gasteiger partial charge in [0.1, 0.15) is 4.90 Å². The van der Waals surface area contributed by atoms with E-state index < -0.39 is 33.4 Å². The molecular weight excluding hydrogens is 441 g/mol. The standard InChI is InChI=1S/C20H18ClF3N2O3S/c21-15-7-4-11(20(27)25-12-9-16(22)19(24)17(23)10-12)8-18(15)30(28,29)26-13-2-1-3-14(26)6-5-13/h4,7-10,13-14H,1-3,5-6H2,(H,25,27). The SMILES string of the molecule is O=C(Nc1cc(F)c(F)c(F)c1)c1ccc(Cl)c(S(=O)(=O)N2C3CCCC2CC3)c1. The number of hydrogen-bond donors (Lipinski definition) is 1. The van der Waals surface area contributed by atoms with Crippen molar-refractivity contribution in [1.82, 2.24) is 4.31 Å². The predicted octanol–water partition coefficient (Wildman–Crippen LogP) is 4.72. The fourth-order valence-electron chi connectivity index (χ4n) is 4.25. The minimum Gasteiger partial charge on any atom is -0.322 e. The van der Waals surface area contributed by atoms with E-state index in [2.05, 4.69) is 5.32 Å². The molecule has 4 rings (SSSR count). The van der Waals surface area contributed by atoms with Crippen molar-refractivity contribution in [2.24, 2.45) is 0 Å². The van der Waals surface area contributed by atoms with Gasteiger partial charge in [0.25, 0.3) is 5.91 Å². The lowest BCUT2D eigenvalue weighted by Crippen LogP contribution is -2.44. The number of carbonyl (C=O) groups is 1. The van der Waals surface area contributed by atoms with Crippen molar-refractivity contribution in [3.63, 3.8) is 0 Å². The van der Waals surface area contributed by atoms with E-state index in [-0.39, 0.29) is 33.3 Å². The van der Waals surface area contributed by atoms with E-state index in [0.29, 0.717) is 12.1 Å². The molecule has 2 fully saturated rings. The predicted molar refractivity (Wildman–Crippen MR) is 105 cm³/mol. The summed E-state index contributed by atoms with van der Waals surface area (Å²) in [7, 11) is -3.92. The van der Waals surface area contributed by atoms with Crippen LogP contribution in [0.3, 0.4) is 0 Å². The van der Waals surface area contributed by atoms with Crippen molar-refractivity contribution < 1.29 is 26.4 Å². The minimum atomic E-state index is -3.92. The second kappa shape index (κ2) is 7.86. The molecule has 2 heterocycles. The van der Waals surface area contributed by atoms with Crippen LogP contribution in [0.15, 0.2) is 35.2 Å². The highest BCUT2D eigenvalue weighted by Gasteiger charge is 2.44. The van der Waals surface area contributed by atoms with Crippen molar-refractivity contribution in [2.45, 2.75) is 49.1 Å². The number of sulfonamides is 1. The van der Waals surface area contributed by atoms with Gasteiger partial charge in [-0.3, -0.25) is 4.79 Å². The van der Waals surface area contributed by atoms with E-state index >= 15 is 0 Å². The Kier molecular flexibility index (Phi) is 5.54. The Bertz CT molecular complexity index is 1090. The molecule has 1 N–H and O–H groups in total. The van der Waals surface area contributed by atoms with Gasteiger partial charge in [0.2, 0.25) is 10.0 Å². The third-order valence-electron chi connectivity index (χ3n) is 5.62. The molecule has 5 nitrogen and oxygen atoms in total. The summed E-state index contributed by atoms with van der Waals surface area (Å²) in [5, 5.41) is 2.22. The fraction of sp³-hybridized carbons (Fsp3) is 0.350. The van der Waals surface area contributed by atoms with E-state index in [1.54, 1.807) is 0 Å². The zero-order chi connectivity index (χ0) is 21.6. The summed E-state index contributed by atoms with van der Waals surface area (Å²) in [4.78, 5) is 12.3. The highest BCUT2D eigenvalue weighted by atomic mass is 35.5. The molecule has 0 aliphatic carbocycles. The van der Waals surface area contributed by atoms with Gasteiger partial charge >= 0.3 is 0 Å². The molecule has 2 aromatic carbocycles. The van der Waals surface area contributed by atoms with Crippen molar-refractivity contribution in [3.8, 4) is 0 Å². The van der Waals surface area contributed by atoms with Gasteiger partial charge in [-0.05, 0) is 43.9 Å². The second-order valence-corrected chi connectivity index (χ2v) is 9.72. The summed E-state index contributed by atoms with van der Waals surface area (Å²) in [5.41, 5.74) is -0.364. The number of nitrogens with zero attached hydrogens (tertiary/aromatic N) is 1. The van der Waals surface area contributed by atoms with E-state index in [0.717, 1.165) is 38.2 Å². The first-order chi connectivity index (χ1) is 14.2. The van der Waals surface area contributed by atoms with Crippen LogP contribution in [0.1, 0.15) is 42.5 Å². The van der Waals surface area contributed by atoms with Gasteiger partial charge in [-0.1, -0.05) is 18.0 Å². The average molecular weight is 459 g/mol. The number of carbonyl (C=O) groups excluding carboxylic acids is 1. The van der Waals surface area contributed by atoms with Crippen LogP contribution in [-0.4, -0.2) is 30.7 Å². The maximum atomic E-state index is 13.4. The van der Waals surface area contributed by atoms with Gasteiger partial charge in [0.05, 0.1) is 5.02 Å². The number of nitrogens with one attached hydrogen (secondary N) is 1. The van der Waals surface area contributed by atoms with Crippen LogP contribution in [0.2, 0.25) is 5.02 Å². The summed E-state index contributed by atoms with van der Waals surface area (Å²) in [6.45, 7) is 0. The quantitative estimate of drug-likeness (QED) is 0.674. The third kappa shape index (κ3) is 3.70. The molecule has 10 heteroatoms. The number of rotatable bonds is 4. The van der Waals surface area contributed by atoms with Gasteiger partial charge in [0, 0.05) is 35.5 Å². The minimum absolute atomic E-state index is 0.0182. The molecule has 2 bridgehead atoms. The Hall–Kier alpha value is -2.10. The first-order valence-corrected chi connectivity index (χ1v) is 11.3. The number of anilines is 1. The van der Waals surface area contributed by atoms with Crippen molar-refractivity contribution in [1.29, 1.82) is 0 Å². The van der Waals surface area contributed by atoms with Crippen LogP contribution in [0.4, 0.5) is 18.9 Å². The molecule has 2 aliphatic rings. The van der Waals surface area contributed by atoms with Gasteiger partial charge in [-0.25, -0.2) is 21.6 Å². The number of hydrogen-bond acceptors (Lipinski definition) is 3. The molecular formula is C20H18ClF3N2O3S. The molecule has 0 aromatic heterocycles. The molecule has 1 amide bonds. The lowest BCUT2D eigenvalue weighted by molar-refractivity contribution is 0.102. The zero-order valence-corrected chi connectivity index (χ0v) is 17.2. The van der Waals surface area contributed by atoms with Crippen LogP contribution >= 0.6 is 11.6 Å². The van der Waals surface area contributed by atoms with Crippen LogP contribution < -0.4 is 5.32 Å². The fourth-order valence-corrected chi connectivity index (χ4v) is 6.68. The lowest BCUT2D eigenvalue weighted by Gasteiger charge is -2.33. The maximum Gasteiger partial charge on any atom is 0.255 e. The van der Waals surface area contributed by atoms with Crippen LogP contribution in [-0.2, 0) is 10.0 Å². The molecule has 0 saturated carbocycles. The van der Waals surface area contributed by atoms with Crippen molar-refractivity contribution in [3.05, 3.63) is 58.4 Å². The number of halogens is 4. The first kappa shape index (κ1) is 21.1. The molecule has 2 unspecified atom stereocenters. The third-order valence-corrected chi connectivity index (χ3v) is 8.10. The Morgan fingerprint density at radius 2 is 1.60 bits per heavy atom. The average Bonchev–Trinajstić information content (AvgIpc) is 2.96.